The van der Waals surface area contributed by atoms with Gasteiger partial charge in [0.05, 0.1) is 0 Å². The first-order valence-corrected chi connectivity index (χ1v) is 13.1. The molecular formula is C35H34O. The first-order chi connectivity index (χ1) is 17.2. The maximum absolute atomic E-state index is 6.34. The van der Waals surface area contributed by atoms with Crippen LogP contribution in [0.1, 0.15) is 59.1 Å². The van der Waals surface area contributed by atoms with Crippen LogP contribution in [0.5, 0.6) is 0 Å². The summed E-state index contributed by atoms with van der Waals surface area (Å²) in [7, 11) is 0. The minimum Gasteiger partial charge on any atom is -0.456 e. The van der Waals surface area contributed by atoms with Gasteiger partial charge in [-0.2, -0.15) is 0 Å². The van der Waals surface area contributed by atoms with E-state index in [1.165, 1.54) is 54.6 Å². The lowest BCUT2D eigenvalue weighted by Crippen LogP contribution is -2.14. The molecule has 1 heterocycles. The van der Waals surface area contributed by atoms with Crippen LogP contribution >= 0.6 is 0 Å². The van der Waals surface area contributed by atoms with E-state index in [1.54, 1.807) is 0 Å². The molecule has 5 aromatic carbocycles. The van der Waals surface area contributed by atoms with Gasteiger partial charge in [-0.3, -0.25) is 0 Å². The van der Waals surface area contributed by atoms with E-state index in [2.05, 4.69) is 126 Å². The van der Waals surface area contributed by atoms with Crippen molar-refractivity contribution in [2.75, 3.05) is 0 Å². The lowest BCUT2D eigenvalue weighted by Gasteiger charge is -2.24. The van der Waals surface area contributed by atoms with E-state index < -0.39 is 0 Å². The first-order valence-electron chi connectivity index (χ1n) is 13.1. The first kappa shape index (κ1) is 22.9. The van der Waals surface area contributed by atoms with Crippen molar-refractivity contribution >= 4 is 43.5 Å². The monoisotopic (exact) mass is 470 g/mol. The lowest BCUT2D eigenvalue weighted by molar-refractivity contribution is 0.506. The molecule has 1 nitrogen and oxygen atoms in total. The van der Waals surface area contributed by atoms with Gasteiger partial charge in [-0.15, -0.1) is 0 Å². The molecule has 0 aliphatic carbocycles. The molecule has 180 valence electrons. The van der Waals surface area contributed by atoms with Crippen molar-refractivity contribution in [1.82, 2.24) is 0 Å². The highest BCUT2D eigenvalue weighted by Gasteiger charge is 2.22. The van der Waals surface area contributed by atoms with Crippen molar-refractivity contribution in [3.8, 4) is 11.1 Å². The third-order valence-corrected chi connectivity index (χ3v) is 8.08. The molecule has 0 radical (unpaired) electrons. The predicted octanol–water partition coefficient (Wildman–Crippen LogP) is 10.5. The van der Waals surface area contributed by atoms with Gasteiger partial charge in [0.25, 0.3) is 0 Å². The molecule has 6 aromatic rings. The van der Waals surface area contributed by atoms with Gasteiger partial charge >= 0.3 is 0 Å². The Morgan fingerprint density at radius 1 is 0.583 bits per heavy atom. The van der Waals surface area contributed by atoms with Gasteiger partial charge in [0.15, 0.2) is 0 Å². The molecule has 1 aromatic heterocycles. The molecule has 36 heavy (non-hydrogen) atoms. The van der Waals surface area contributed by atoms with E-state index >= 15 is 0 Å². The molecule has 0 saturated carbocycles. The second kappa shape index (κ2) is 7.96. The van der Waals surface area contributed by atoms with Gasteiger partial charge < -0.3 is 4.42 Å². The number of benzene rings is 5. The average Bonchev–Trinajstić information content (AvgIpc) is 3.23. The van der Waals surface area contributed by atoms with Crippen molar-refractivity contribution in [1.29, 1.82) is 0 Å². The molecular weight excluding hydrogens is 436 g/mol. The van der Waals surface area contributed by atoms with Crippen LogP contribution < -0.4 is 0 Å². The average molecular weight is 471 g/mol. The zero-order chi connectivity index (χ0) is 25.2. The molecule has 0 saturated heterocycles. The molecule has 1 heteroatoms. The Kier molecular flexibility index (Phi) is 5.06. The Morgan fingerprint density at radius 2 is 1.31 bits per heavy atom. The van der Waals surface area contributed by atoms with Gasteiger partial charge in [-0.25, -0.2) is 0 Å². The summed E-state index contributed by atoms with van der Waals surface area (Å²) in [6.07, 6.45) is 1.10. The molecule has 0 unspecified atom stereocenters. The molecule has 0 atom stereocenters. The standard InChI is InChI=1S/C35H34O/c1-7-35(5,6)26-15-17-31-30(21-26)28-16-14-23(20-32(28)36-31)22-12-13-25-18-24-10-8-9-11-27(24)33(29(25)19-22)34(2,3)4/h8-21H,7H2,1-6H3. The van der Waals surface area contributed by atoms with Crippen LogP contribution in [0.25, 0.3) is 54.6 Å². The van der Waals surface area contributed by atoms with Crippen LogP contribution in [-0.2, 0) is 10.8 Å². The van der Waals surface area contributed by atoms with Crippen LogP contribution in [-0.4, -0.2) is 0 Å². The maximum atomic E-state index is 6.34. The van der Waals surface area contributed by atoms with Crippen molar-refractivity contribution in [3.63, 3.8) is 0 Å². The van der Waals surface area contributed by atoms with Crippen LogP contribution in [0.15, 0.2) is 89.3 Å². The number of furan rings is 1. The summed E-state index contributed by atoms with van der Waals surface area (Å²) in [5.74, 6) is 0. The Hall–Kier alpha value is -3.58. The Morgan fingerprint density at radius 3 is 2.08 bits per heavy atom. The van der Waals surface area contributed by atoms with E-state index in [-0.39, 0.29) is 10.8 Å². The van der Waals surface area contributed by atoms with Gasteiger partial charge in [0.1, 0.15) is 11.2 Å². The van der Waals surface area contributed by atoms with Crippen LogP contribution in [0.4, 0.5) is 0 Å². The van der Waals surface area contributed by atoms with E-state index in [0.717, 1.165) is 17.6 Å². The van der Waals surface area contributed by atoms with Gasteiger partial charge in [0, 0.05) is 10.8 Å². The Labute approximate surface area is 213 Å². The summed E-state index contributed by atoms with van der Waals surface area (Å²) in [6, 6.07) is 31.3. The third-order valence-electron chi connectivity index (χ3n) is 8.08. The highest BCUT2D eigenvalue weighted by Crippen LogP contribution is 2.40. The molecule has 0 aliphatic heterocycles. The number of fused-ring (bicyclic) bond motifs is 5. The fourth-order valence-electron chi connectivity index (χ4n) is 5.63. The predicted molar refractivity (Wildman–Crippen MR) is 156 cm³/mol. The SMILES string of the molecule is CCC(C)(C)c1ccc2oc3cc(-c4ccc5cc6ccccc6c(C(C)(C)C)c5c4)ccc3c2c1. The highest BCUT2D eigenvalue weighted by atomic mass is 16.3. The fraction of sp³-hybridized carbons (Fsp3) is 0.257. The minimum absolute atomic E-state index is 0.0321. The van der Waals surface area contributed by atoms with Crippen LogP contribution in [0.3, 0.4) is 0 Å². The molecule has 0 spiro atoms. The van der Waals surface area contributed by atoms with Crippen molar-refractivity contribution in [2.45, 2.75) is 58.8 Å². The van der Waals surface area contributed by atoms with Gasteiger partial charge in [0.2, 0.25) is 0 Å². The van der Waals surface area contributed by atoms with E-state index in [9.17, 15) is 0 Å². The summed E-state index contributed by atoms with van der Waals surface area (Å²) in [5, 5.41) is 7.65. The zero-order valence-electron chi connectivity index (χ0n) is 22.2. The summed E-state index contributed by atoms with van der Waals surface area (Å²) in [6.45, 7) is 13.8. The number of hydrogen-bond acceptors (Lipinski definition) is 1. The Bertz CT molecular complexity index is 1770. The normalized spacial score (nSPS) is 12.8. The minimum atomic E-state index is 0.0321. The summed E-state index contributed by atoms with van der Waals surface area (Å²) in [4.78, 5) is 0. The Balaban J connectivity index is 1.53. The zero-order valence-corrected chi connectivity index (χ0v) is 22.2. The molecule has 0 fully saturated rings. The summed E-state index contributed by atoms with van der Waals surface area (Å²) >= 11 is 0. The van der Waals surface area contributed by atoms with Gasteiger partial charge in [-0.1, -0.05) is 90.1 Å². The molecule has 0 N–H and O–H groups in total. The second-order valence-electron chi connectivity index (χ2n) is 11.9. The number of rotatable bonds is 3. The lowest BCUT2D eigenvalue weighted by atomic mass is 9.80. The van der Waals surface area contributed by atoms with Crippen LogP contribution in [0.2, 0.25) is 0 Å². The fourth-order valence-corrected chi connectivity index (χ4v) is 5.63. The van der Waals surface area contributed by atoms with Crippen molar-refractivity contribution < 1.29 is 4.42 Å². The molecule has 0 bridgehead atoms. The topological polar surface area (TPSA) is 13.1 Å². The van der Waals surface area contributed by atoms with Crippen molar-refractivity contribution in [2.24, 2.45) is 0 Å². The number of hydrogen-bond donors (Lipinski definition) is 0. The van der Waals surface area contributed by atoms with Crippen LogP contribution in [0, 0.1) is 0 Å². The van der Waals surface area contributed by atoms with E-state index in [4.69, 9.17) is 4.42 Å². The smallest absolute Gasteiger partial charge is 0.136 e. The largest absolute Gasteiger partial charge is 0.456 e. The van der Waals surface area contributed by atoms with E-state index in [1.807, 2.05) is 0 Å². The molecule has 0 amide bonds. The highest BCUT2D eigenvalue weighted by molar-refractivity contribution is 6.07. The summed E-state index contributed by atoms with van der Waals surface area (Å²) in [5.41, 5.74) is 7.27. The van der Waals surface area contributed by atoms with E-state index in [0.29, 0.717) is 0 Å². The maximum Gasteiger partial charge on any atom is 0.136 e. The van der Waals surface area contributed by atoms with Gasteiger partial charge in [-0.05, 0) is 97.4 Å². The molecule has 0 aliphatic rings. The van der Waals surface area contributed by atoms with Crippen molar-refractivity contribution in [3.05, 3.63) is 96.1 Å². The second-order valence-corrected chi connectivity index (χ2v) is 11.9. The third kappa shape index (κ3) is 3.61. The molecule has 6 rings (SSSR count). The summed E-state index contributed by atoms with van der Waals surface area (Å²) < 4.78 is 6.34. The quantitative estimate of drug-likeness (QED) is 0.234.